The van der Waals surface area contributed by atoms with Gasteiger partial charge in [0.1, 0.15) is 0 Å². The lowest BCUT2D eigenvalue weighted by molar-refractivity contribution is 0.600. The Morgan fingerprint density at radius 1 is 1.27 bits per heavy atom. The molecule has 3 heteroatoms. The Morgan fingerprint density at radius 2 is 2.07 bits per heavy atom. The normalized spacial score (nSPS) is 10.5. The lowest BCUT2D eigenvalue weighted by Gasteiger charge is -2.06. The second-order valence-corrected chi connectivity index (χ2v) is 3.65. The van der Waals surface area contributed by atoms with Gasteiger partial charge in [-0.25, -0.2) is 0 Å². The molecule has 0 unspecified atom stereocenters. The van der Waals surface area contributed by atoms with Gasteiger partial charge in [0.2, 0.25) is 0 Å². The Kier molecular flexibility index (Phi) is 5.97. The Bertz CT molecular complexity index is 273. The van der Waals surface area contributed by atoms with Gasteiger partial charge in [-0.15, -0.1) is 0 Å². The smallest absolute Gasteiger partial charge is 0.0570 e. The van der Waals surface area contributed by atoms with Crippen molar-refractivity contribution in [1.82, 2.24) is 15.6 Å². The summed E-state index contributed by atoms with van der Waals surface area (Å²) in [6.07, 6.45) is 3.02. The number of rotatable bonds is 7. The largest absolute Gasteiger partial charge is 0.317 e. The third kappa shape index (κ3) is 4.91. The standard InChI is InChI=1S/C12H21N3/c1-3-13-7-5-8-14-10-12-11(2)6-4-9-15-12/h4,6,9,13-14H,3,5,7-8,10H2,1-2H3. The highest BCUT2D eigenvalue weighted by Gasteiger charge is 1.96. The van der Waals surface area contributed by atoms with Crippen molar-refractivity contribution in [2.75, 3.05) is 19.6 Å². The fourth-order valence-electron chi connectivity index (χ4n) is 1.43. The van der Waals surface area contributed by atoms with Crippen LogP contribution in [0.2, 0.25) is 0 Å². The Labute approximate surface area is 92.3 Å². The minimum Gasteiger partial charge on any atom is -0.317 e. The average molecular weight is 207 g/mol. The van der Waals surface area contributed by atoms with E-state index in [9.17, 15) is 0 Å². The molecule has 3 nitrogen and oxygen atoms in total. The minimum absolute atomic E-state index is 0.874. The second-order valence-electron chi connectivity index (χ2n) is 3.65. The summed E-state index contributed by atoms with van der Waals surface area (Å²) in [6, 6.07) is 4.08. The molecule has 0 saturated carbocycles. The van der Waals surface area contributed by atoms with E-state index in [1.165, 1.54) is 12.0 Å². The second kappa shape index (κ2) is 7.37. The molecule has 0 atom stereocenters. The highest BCUT2D eigenvalue weighted by molar-refractivity contribution is 5.17. The summed E-state index contributed by atoms with van der Waals surface area (Å²) in [4.78, 5) is 4.33. The van der Waals surface area contributed by atoms with Gasteiger partial charge in [-0.2, -0.15) is 0 Å². The molecule has 0 aliphatic rings. The molecule has 0 spiro atoms. The van der Waals surface area contributed by atoms with Crippen LogP contribution in [0, 0.1) is 6.92 Å². The molecule has 1 heterocycles. The van der Waals surface area contributed by atoms with Crippen LogP contribution in [0.4, 0.5) is 0 Å². The maximum atomic E-state index is 4.33. The van der Waals surface area contributed by atoms with E-state index in [1.807, 2.05) is 12.3 Å². The average Bonchev–Trinajstić information content (AvgIpc) is 2.25. The first-order valence-corrected chi connectivity index (χ1v) is 5.66. The number of aryl methyl sites for hydroxylation is 1. The molecule has 2 N–H and O–H groups in total. The molecule has 84 valence electrons. The van der Waals surface area contributed by atoms with Gasteiger partial charge in [-0.05, 0) is 44.6 Å². The zero-order valence-corrected chi connectivity index (χ0v) is 9.71. The van der Waals surface area contributed by atoms with Gasteiger partial charge in [-0.1, -0.05) is 13.0 Å². The fourth-order valence-corrected chi connectivity index (χ4v) is 1.43. The molecule has 0 radical (unpaired) electrons. The summed E-state index contributed by atoms with van der Waals surface area (Å²) in [5.41, 5.74) is 2.41. The lowest BCUT2D eigenvalue weighted by atomic mass is 10.2. The van der Waals surface area contributed by atoms with E-state index >= 15 is 0 Å². The van der Waals surface area contributed by atoms with E-state index < -0.39 is 0 Å². The molecule has 0 fully saturated rings. The summed E-state index contributed by atoms with van der Waals surface area (Å²) < 4.78 is 0. The minimum atomic E-state index is 0.874. The van der Waals surface area contributed by atoms with Gasteiger partial charge in [0, 0.05) is 12.7 Å². The molecule has 0 aliphatic carbocycles. The first-order chi connectivity index (χ1) is 7.34. The molecule has 0 aromatic carbocycles. The van der Waals surface area contributed by atoms with Crippen molar-refractivity contribution in [2.24, 2.45) is 0 Å². The quantitative estimate of drug-likeness (QED) is 0.665. The van der Waals surface area contributed by atoms with Gasteiger partial charge in [0.15, 0.2) is 0 Å². The summed E-state index contributed by atoms with van der Waals surface area (Å²) in [7, 11) is 0. The first kappa shape index (κ1) is 12.1. The van der Waals surface area contributed by atoms with Crippen LogP contribution in [0.15, 0.2) is 18.3 Å². The summed E-state index contributed by atoms with van der Waals surface area (Å²) >= 11 is 0. The van der Waals surface area contributed by atoms with Gasteiger partial charge < -0.3 is 10.6 Å². The van der Waals surface area contributed by atoms with Crippen LogP contribution in [0.3, 0.4) is 0 Å². The molecule has 1 rings (SSSR count). The van der Waals surface area contributed by atoms with Crippen molar-refractivity contribution in [3.8, 4) is 0 Å². The van der Waals surface area contributed by atoms with Crippen LogP contribution >= 0.6 is 0 Å². The molecule has 0 bridgehead atoms. The van der Waals surface area contributed by atoms with Crippen molar-refractivity contribution < 1.29 is 0 Å². The van der Waals surface area contributed by atoms with Gasteiger partial charge >= 0.3 is 0 Å². The summed E-state index contributed by atoms with van der Waals surface area (Å²) in [6.45, 7) is 8.29. The molecular weight excluding hydrogens is 186 g/mol. The molecule has 1 aromatic rings. The van der Waals surface area contributed by atoms with Crippen LogP contribution in [0.25, 0.3) is 0 Å². The zero-order chi connectivity index (χ0) is 10.9. The van der Waals surface area contributed by atoms with Crippen LogP contribution in [-0.2, 0) is 6.54 Å². The lowest BCUT2D eigenvalue weighted by Crippen LogP contribution is -2.22. The van der Waals surface area contributed by atoms with Crippen LogP contribution < -0.4 is 10.6 Å². The molecule has 0 saturated heterocycles. The van der Waals surface area contributed by atoms with Crippen molar-refractivity contribution in [3.05, 3.63) is 29.6 Å². The first-order valence-electron chi connectivity index (χ1n) is 5.66. The summed E-state index contributed by atoms with van der Waals surface area (Å²) in [5.74, 6) is 0. The van der Waals surface area contributed by atoms with E-state index in [4.69, 9.17) is 0 Å². The van der Waals surface area contributed by atoms with Gasteiger partial charge in [0.05, 0.1) is 5.69 Å². The fraction of sp³-hybridized carbons (Fsp3) is 0.583. The van der Waals surface area contributed by atoms with E-state index in [0.717, 1.165) is 31.9 Å². The Balaban J connectivity index is 2.12. The Hall–Kier alpha value is -0.930. The third-order valence-electron chi connectivity index (χ3n) is 2.37. The van der Waals surface area contributed by atoms with Crippen LogP contribution in [0.1, 0.15) is 24.6 Å². The van der Waals surface area contributed by atoms with Gasteiger partial charge in [-0.3, -0.25) is 4.98 Å². The van der Waals surface area contributed by atoms with Crippen molar-refractivity contribution >= 4 is 0 Å². The number of nitrogens with zero attached hydrogens (tertiary/aromatic N) is 1. The number of pyridine rings is 1. The SMILES string of the molecule is CCNCCCNCc1ncccc1C. The topological polar surface area (TPSA) is 37.0 Å². The number of aromatic nitrogens is 1. The van der Waals surface area contributed by atoms with Crippen LogP contribution in [-0.4, -0.2) is 24.6 Å². The number of nitrogens with one attached hydrogen (secondary N) is 2. The predicted octanol–water partition coefficient (Wildman–Crippen LogP) is 1.48. The van der Waals surface area contributed by atoms with Crippen molar-refractivity contribution in [1.29, 1.82) is 0 Å². The maximum Gasteiger partial charge on any atom is 0.0570 e. The zero-order valence-electron chi connectivity index (χ0n) is 9.71. The predicted molar refractivity (Wildman–Crippen MR) is 63.8 cm³/mol. The molecule has 0 aliphatic heterocycles. The highest BCUT2D eigenvalue weighted by Crippen LogP contribution is 2.01. The number of hydrogen-bond acceptors (Lipinski definition) is 3. The Morgan fingerprint density at radius 3 is 2.80 bits per heavy atom. The van der Waals surface area contributed by atoms with Crippen molar-refractivity contribution in [2.45, 2.75) is 26.8 Å². The summed E-state index contributed by atoms with van der Waals surface area (Å²) in [5, 5.41) is 6.70. The van der Waals surface area contributed by atoms with E-state index in [0.29, 0.717) is 0 Å². The number of hydrogen-bond donors (Lipinski definition) is 2. The van der Waals surface area contributed by atoms with E-state index in [-0.39, 0.29) is 0 Å². The monoisotopic (exact) mass is 207 g/mol. The molecule has 0 amide bonds. The maximum absolute atomic E-state index is 4.33. The highest BCUT2D eigenvalue weighted by atomic mass is 14.9. The van der Waals surface area contributed by atoms with E-state index in [2.05, 4.69) is 35.5 Å². The molecule has 1 aromatic heterocycles. The molecule has 15 heavy (non-hydrogen) atoms. The van der Waals surface area contributed by atoms with Crippen LogP contribution in [0.5, 0.6) is 0 Å². The third-order valence-corrected chi connectivity index (χ3v) is 2.37. The van der Waals surface area contributed by atoms with E-state index in [1.54, 1.807) is 0 Å². The van der Waals surface area contributed by atoms with Crippen molar-refractivity contribution in [3.63, 3.8) is 0 Å². The molecular formula is C12H21N3. The van der Waals surface area contributed by atoms with Gasteiger partial charge in [0.25, 0.3) is 0 Å².